The largest absolute Gasteiger partial charge is 0.342 e. The highest BCUT2D eigenvalue weighted by molar-refractivity contribution is 8.10. The van der Waals surface area contributed by atoms with E-state index in [1.54, 1.807) is 11.6 Å². The average molecular weight is 196 g/mol. The third kappa shape index (κ3) is 3.99. The first-order valence-electron chi connectivity index (χ1n) is 4.22. The van der Waals surface area contributed by atoms with E-state index in [9.17, 15) is 0 Å². The van der Waals surface area contributed by atoms with Gasteiger partial charge in [0.25, 0.3) is 0 Å². The van der Waals surface area contributed by atoms with Crippen molar-refractivity contribution in [3.63, 3.8) is 0 Å². The molecule has 1 N–H and O–H groups in total. The Kier molecular flexibility index (Phi) is 6.06. The molecule has 2 nitrogen and oxygen atoms in total. The molecule has 0 fully saturated rings. The summed E-state index contributed by atoms with van der Waals surface area (Å²) < 4.78 is 0. The van der Waals surface area contributed by atoms with E-state index in [1.165, 1.54) is 11.8 Å². The van der Waals surface area contributed by atoms with Crippen LogP contribution in [0, 0.1) is 6.92 Å². The Balaban J connectivity index is 0.000000671. The zero-order valence-electron chi connectivity index (χ0n) is 8.42. The number of aromatic nitrogens is 2. The van der Waals surface area contributed by atoms with E-state index in [4.69, 9.17) is 0 Å². The molecule has 0 bridgehead atoms. The number of thioether (sulfide) groups is 1. The number of hydrogen-bond acceptors (Lipinski definition) is 2. The average Bonchev–Trinajstić information content (AvgIpc) is 2.56. The highest BCUT2D eigenvalue weighted by Crippen LogP contribution is 2.22. The van der Waals surface area contributed by atoms with E-state index in [0.29, 0.717) is 0 Å². The van der Waals surface area contributed by atoms with Crippen LogP contribution in [-0.2, 0) is 0 Å². The second-order valence-electron chi connectivity index (χ2n) is 2.12. The lowest BCUT2D eigenvalue weighted by Crippen LogP contribution is -1.79. The molecule has 1 rings (SSSR count). The van der Waals surface area contributed by atoms with Crippen molar-refractivity contribution in [1.29, 1.82) is 0 Å². The molecule has 0 aliphatic rings. The van der Waals surface area contributed by atoms with Gasteiger partial charge in [-0.2, -0.15) is 0 Å². The molecule has 0 amide bonds. The molecule has 0 aliphatic carbocycles. The summed E-state index contributed by atoms with van der Waals surface area (Å²) in [5, 5.41) is 1.74. The molecule has 0 spiro atoms. The first-order valence-corrected chi connectivity index (χ1v) is 5.10. The number of imidazole rings is 1. The summed E-state index contributed by atoms with van der Waals surface area (Å²) in [7, 11) is 0. The van der Waals surface area contributed by atoms with Crippen molar-refractivity contribution in [2.24, 2.45) is 0 Å². The smallest absolute Gasteiger partial charge is 0.143 e. The van der Waals surface area contributed by atoms with Gasteiger partial charge in [0, 0.05) is 16.8 Å². The minimum Gasteiger partial charge on any atom is -0.342 e. The van der Waals surface area contributed by atoms with Crippen molar-refractivity contribution in [3.8, 4) is 0 Å². The van der Waals surface area contributed by atoms with Gasteiger partial charge in [0.05, 0.1) is 0 Å². The quantitative estimate of drug-likeness (QED) is 0.800. The monoisotopic (exact) mass is 196 g/mol. The first-order chi connectivity index (χ1) is 6.24. The van der Waals surface area contributed by atoms with Gasteiger partial charge in [-0.1, -0.05) is 38.8 Å². The summed E-state index contributed by atoms with van der Waals surface area (Å²) >= 11 is 1.47. The molecule has 1 aromatic rings. The van der Waals surface area contributed by atoms with E-state index in [-0.39, 0.29) is 0 Å². The number of hydrogen-bond donors (Lipinski definition) is 1. The first kappa shape index (κ1) is 12.0. The van der Waals surface area contributed by atoms with Crippen LogP contribution >= 0.6 is 11.8 Å². The minimum absolute atomic E-state index is 0.826. The Labute approximate surface area is 84.2 Å². The van der Waals surface area contributed by atoms with E-state index >= 15 is 0 Å². The molecule has 72 valence electrons. The number of aryl methyl sites for hydroxylation is 1. The van der Waals surface area contributed by atoms with Crippen molar-refractivity contribution in [1.82, 2.24) is 9.97 Å². The molecule has 0 unspecified atom stereocenters. The molecular formula is C10H16N2S. The maximum atomic E-state index is 4.11. The van der Waals surface area contributed by atoms with Gasteiger partial charge in [-0.3, -0.25) is 0 Å². The highest BCUT2D eigenvalue weighted by Gasteiger charge is 1.99. The van der Waals surface area contributed by atoms with Crippen LogP contribution in [0.4, 0.5) is 0 Å². The normalized spacial score (nSPS) is 8.54. The van der Waals surface area contributed by atoms with Crippen molar-refractivity contribution in [2.75, 3.05) is 0 Å². The zero-order valence-corrected chi connectivity index (χ0v) is 9.24. The molecule has 0 atom stereocenters. The lowest BCUT2D eigenvalue weighted by atomic mass is 10.6. The predicted octanol–water partition coefficient (Wildman–Crippen LogP) is 3.59. The molecule has 0 radical (unpaired) electrons. The van der Waals surface area contributed by atoms with Crippen molar-refractivity contribution < 1.29 is 0 Å². The van der Waals surface area contributed by atoms with Crippen LogP contribution in [0.5, 0.6) is 0 Å². The van der Waals surface area contributed by atoms with Gasteiger partial charge in [0.15, 0.2) is 0 Å². The number of nitrogens with one attached hydrogen (secondary N) is 1. The Morgan fingerprint density at radius 1 is 1.62 bits per heavy atom. The summed E-state index contributed by atoms with van der Waals surface area (Å²) in [4.78, 5) is 8.09. The third-order valence-corrected chi connectivity index (χ3v) is 1.84. The summed E-state index contributed by atoms with van der Waals surface area (Å²) in [5.41, 5.74) is 1.05. The summed E-state index contributed by atoms with van der Waals surface area (Å²) in [6.45, 7) is 13.4. The molecule has 0 aromatic carbocycles. The minimum atomic E-state index is 0.826. The SMILES string of the molecule is C=CSC(=C)c1ncc(C)[nH]1.CC. The highest BCUT2D eigenvalue weighted by atomic mass is 32.2. The van der Waals surface area contributed by atoms with Crippen LogP contribution in [0.25, 0.3) is 4.91 Å². The Morgan fingerprint density at radius 3 is 2.62 bits per heavy atom. The van der Waals surface area contributed by atoms with Gasteiger partial charge in [0.2, 0.25) is 0 Å². The number of rotatable bonds is 3. The predicted molar refractivity (Wildman–Crippen MR) is 61.5 cm³/mol. The molecule has 1 heterocycles. The number of aromatic amines is 1. The number of nitrogens with zero attached hydrogens (tertiary/aromatic N) is 1. The third-order valence-electron chi connectivity index (χ3n) is 1.19. The fourth-order valence-corrected chi connectivity index (χ4v) is 1.13. The van der Waals surface area contributed by atoms with Crippen molar-refractivity contribution in [2.45, 2.75) is 20.8 Å². The standard InChI is InChI=1S/C8H10N2S.C2H6/c1-4-11-7(3)8-9-5-6(2)10-8;1-2/h4-5H,1,3H2,2H3,(H,9,10);1-2H3. The van der Waals surface area contributed by atoms with Crippen LogP contribution < -0.4 is 0 Å². The molecule has 1 aromatic heterocycles. The van der Waals surface area contributed by atoms with Crippen molar-refractivity contribution in [3.05, 3.63) is 36.3 Å². The molecule has 0 saturated heterocycles. The van der Waals surface area contributed by atoms with Gasteiger partial charge in [-0.05, 0) is 12.3 Å². The maximum Gasteiger partial charge on any atom is 0.143 e. The van der Waals surface area contributed by atoms with E-state index in [1.807, 2.05) is 20.8 Å². The second-order valence-corrected chi connectivity index (χ2v) is 3.18. The topological polar surface area (TPSA) is 28.7 Å². The lowest BCUT2D eigenvalue weighted by Gasteiger charge is -1.94. The van der Waals surface area contributed by atoms with Crippen LogP contribution in [-0.4, -0.2) is 9.97 Å². The van der Waals surface area contributed by atoms with Crippen LogP contribution in [0.2, 0.25) is 0 Å². The van der Waals surface area contributed by atoms with Gasteiger partial charge < -0.3 is 4.98 Å². The lowest BCUT2D eigenvalue weighted by molar-refractivity contribution is 1.22. The summed E-state index contributed by atoms with van der Waals surface area (Å²) in [5.74, 6) is 0.826. The fraction of sp³-hybridized carbons (Fsp3) is 0.300. The maximum absolute atomic E-state index is 4.11. The summed E-state index contributed by atoms with van der Waals surface area (Å²) in [6, 6.07) is 0. The van der Waals surface area contributed by atoms with Gasteiger partial charge in [-0.15, -0.1) is 0 Å². The number of H-pyrrole nitrogens is 1. The summed E-state index contributed by atoms with van der Waals surface area (Å²) in [6.07, 6.45) is 1.78. The zero-order chi connectivity index (χ0) is 10.3. The van der Waals surface area contributed by atoms with E-state index in [0.717, 1.165) is 16.4 Å². The van der Waals surface area contributed by atoms with Crippen LogP contribution in [0.1, 0.15) is 25.4 Å². The van der Waals surface area contributed by atoms with E-state index in [2.05, 4.69) is 23.1 Å². The van der Waals surface area contributed by atoms with Crippen molar-refractivity contribution >= 4 is 16.7 Å². The molecule has 3 heteroatoms. The Bertz CT molecular complexity index is 276. The fourth-order valence-electron chi connectivity index (χ4n) is 0.711. The van der Waals surface area contributed by atoms with Crippen LogP contribution in [0.3, 0.4) is 0 Å². The van der Waals surface area contributed by atoms with Gasteiger partial charge in [0.1, 0.15) is 5.82 Å². The molecule has 0 saturated carbocycles. The van der Waals surface area contributed by atoms with Crippen LogP contribution in [0.15, 0.2) is 24.8 Å². The van der Waals surface area contributed by atoms with Gasteiger partial charge >= 0.3 is 0 Å². The second kappa shape index (κ2) is 6.54. The molecule has 0 aliphatic heterocycles. The van der Waals surface area contributed by atoms with Gasteiger partial charge in [-0.25, -0.2) is 4.98 Å². The molecule has 13 heavy (non-hydrogen) atoms. The molecular weight excluding hydrogens is 180 g/mol. The Hall–Kier alpha value is -0.960. The van der Waals surface area contributed by atoms with E-state index < -0.39 is 0 Å². The Morgan fingerprint density at radius 2 is 2.23 bits per heavy atom.